The van der Waals surface area contributed by atoms with Crippen LogP contribution in [-0.4, -0.2) is 275 Å². The number of allylic oxidation sites excluding steroid dienone is 8. The highest BCUT2D eigenvalue weighted by atomic mass is 16.7. The Hall–Kier alpha value is -6.03. The molecule has 0 saturated carbocycles. The third kappa shape index (κ3) is 18.3. The van der Waals surface area contributed by atoms with Crippen molar-refractivity contribution < 1.29 is 113 Å². The number of hydrogen-bond acceptors (Lipinski definition) is 23. The van der Waals surface area contributed by atoms with Crippen molar-refractivity contribution in [3.8, 4) is 0 Å². The molecule has 0 aromatic heterocycles. The fourth-order valence-electron chi connectivity index (χ4n) is 15.8. The summed E-state index contributed by atoms with van der Waals surface area (Å²) >= 11 is 0. The van der Waals surface area contributed by atoms with E-state index in [1.165, 1.54) is 62.4 Å². The lowest BCUT2D eigenvalue weighted by Gasteiger charge is -2.47. The molecule has 12 N–H and O–H groups in total. The van der Waals surface area contributed by atoms with Gasteiger partial charge >= 0.3 is 0 Å². The van der Waals surface area contributed by atoms with Crippen LogP contribution in [0.25, 0.3) is 21.5 Å². The van der Waals surface area contributed by atoms with Crippen molar-refractivity contribution in [2.75, 3.05) is 84.4 Å². The van der Waals surface area contributed by atoms with Crippen molar-refractivity contribution in [3.05, 3.63) is 132 Å². The van der Waals surface area contributed by atoms with Crippen molar-refractivity contribution in [2.24, 2.45) is 0 Å². The summed E-state index contributed by atoms with van der Waals surface area (Å²) in [7, 11) is 2.18. The molecule has 14 aliphatic rings. The molecule has 26 heteroatoms. The molecule has 105 heavy (non-hydrogen) atoms. The predicted molar refractivity (Wildman–Crippen MR) is 391 cm³/mol. The first-order valence-electron chi connectivity index (χ1n) is 37.1. The van der Waals surface area contributed by atoms with Gasteiger partial charge in [-0.2, -0.15) is 4.58 Å². The number of benzene rings is 4. The van der Waals surface area contributed by atoms with Crippen LogP contribution < -0.4 is 15.5 Å². The second-order valence-electron chi connectivity index (χ2n) is 28.9. The third-order valence-electron chi connectivity index (χ3n) is 21.2. The second-order valence-corrected chi connectivity index (χ2v) is 28.9. The number of amides is 2. The summed E-state index contributed by atoms with van der Waals surface area (Å²) in [5.74, 6) is -0.231. The van der Waals surface area contributed by atoms with Crippen LogP contribution in [0.15, 0.2) is 121 Å². The first kappa shape index (κ1) is 81.5. The van der Waals surface area contributed by atoms with Crippen LogP contribution in [0.2, 0.25) is 0 Å². The molecule has 26 nitrogen and oxygen atoms in total. The quantitative estimate of drug-likeness (QED) is 0.0340. The molecule has 4 unspecified atom stereocenters. The molecule has 0 radical (unpaired) electrons. The number of fused-ring (bicyclic) bond motifs is 6. The summed E-state index contributed by atoms with van der Waals surface area (Å²) in [4.78, 5) is 24.9. The molecule has 2 amide bonds. The zero-order valence-electron chi connectivity index (χ0n) is 61.5. The Morgan fingerprint density at radius 2 is 1.08 bits per heavy atom. The lowest BCUT2D eigenvalue weighted by Crippen LogP contribution is -2.65. The molecule has 20 atom stereocenters. The first-order chi connectivity index (χ1) is 50.5. The highest BCUT2D eigenvalue weighted by molar-refractivity contribution is 6.07. The predicted octanol–water partition coefficient (Wildman–Crippen LogP) is 3.80. The molecule has 0 aliphatic carbocycles. The van der Waals surface area contributed by atoms with E-state index in [2.05, 4.69) is 177 Å². The van der Waals surface area contributed by atoms with E-state index in [9.17, 15) is 60.7 Å². The van der Waals surface area contributed by atoms with E-state index in [-0.39, 0.29) is 49.1 Å². The Bertz CT molecular complexity index is 3670. The average molecular weight is 1470 g/mol. The fraction of sp³-hybridized carbons (Fsp3) is 0.608. The summed E-state index contributed by atoms with van der Waals surface area (Å²) in [5.41, 5.74) is 8.01. The summed E-state index contributed by atoms with van der Waals surface area (Å²) in [6.45, 7) is 15.4. The largest absolute Gasteiger partial charge is 0.394 e. The number of carbonyl (C=O) groups is 2. The number of rotatable bonds is 20. The van der Waals surface area contributed by atoms with Gasteiger partial charge in [0.1, 0.15) is 105 Å². The maximum atomic E-state index is 11.4. The topological polar surface area (TPSA) is 359 Å². The Morgan fingerprint density at radius 1 is 0.562 bits per heavy atom. The van der Waals surface area contributed by atoms with Crippen molar-refractivity contribution in [1.29, 1.82) is 0 Å². The molecule has 12 saturated heterocycles. The first-order valence-corrected chi connectivity index (χ1v) is 37.1. The van der Waals surface area contributed by atoms with Gasteiger partial charge in [0.2, 0.25) is 17.5 Å². The second kappa shape index (κ2) is 37.4. The van der Waals surface area contributed by atoms with Crippen molar-refractivity contribution >= 4 is 50.4 Å². The lowest BCUT2D eigenvalue weighted by atomic mass is 9.79. The molecule has 8 bridgehead atoms. The number of hydrogen-bond donors (Lipinski definition) is 12. The standard InChI is InChI=1S/C38H39N2.C21H37NO11.C20H35NO11/c1-7-40-32-26-24-28-18-14-16-20-30(28)36(32)38(4,5)34(40)22-12-10-8-9-11-21-33-37(2,3)35-29-19-15-13-17-27(29)23-25-31(35)39(33)6;1-2-14(25)22-6-4-8-30-18-11-5-3-7-29-19-12(9-23)32-21(16(27)15(19)26)33-20(17(18)28)13(10-24)31-11;1-10(24)21-5-3-7-29-19-16(27)17-12(8-22)31-20(19)32-18-13(9-23)30-11(4-2-6-28-17)14(25)15(18)26/h8-26H,7H2,1-6H3;11-13,15-21,23-24,26-28H,2-10H2,1H3,(H,22,25);11-20,22-23,25-27H,2-9H2,1H3,(H,21,24)/q+1;;/t;11?,12-,13-,15-,16-,17-,18+,19-,20?,21-;11-,12-,13-,14+,15-,16+,17?,18-,19-,20?/m.11/s1. The molecule has 4 aromatic carbocycles. The number of aliphatic hydroxyl groups excluding tert-OH is 10. The molecule has 18 rings (SSSR count). The van der Waals surface area contributed by atoms with Gasteiger partial charge in [-0.25, -0.2) is 0 Å². The summed E-state index contributed by atoms with van der Waals surface area (Å²) in [6.07, 6.45) is -3.24. The molecular formula is C79H111N4O22+. The molecular weight excluding hydrogens is 1360 g/mol. The number of aliphatic hydroxyl groups is 10. The van der Waals surface area contributed by atoms with Crippen LogP contribution in [0.5, 0.6) is 0 Å². The zero-order chi connectivity index (χ0) is 75.3. The molecule has 12 fully saturated rings. The van der Waals surface area contributed by atoms with E-state index in [1.54, 1.807) is 6.92 Å². The number of nitrogens with one attached hydrogen (secondary N) is 2. The fourth-order valence-corrected chi connectivity index (χ4v) is 15.8. The van der Waals surface area contributed by atoms with Gasteiger partial charge in [-0.1, -0.05) is 106 Å². The maximum absolute atomic E-state index is 11.4. The molecule has 4 aromatic rings. The number of nitrogens with zero attached hydrogens (tertiary/aromatic N) is 2. The van der Waals surface area contributed by atoms with E-state index in [0.717, 1.165) is 6.54 Å². The Kier molecular flexibility index (Phi) is 29.0. The number of ether oxygens (including phenoxy) is 10. The summed E-state index contributed by atoms with van der Waals surface area (Å²) in [6, 6.07) is 26.5. The molecule has 14 heterocycles. The minimum atomic E-state index is -1.51. The molecule has 14 aliphatic heterocycles. The highest BCUT2D eigenvalue weighted by Gasteiger charge is 2.55. The van der Waals surface area contributed by atoms with Gasteiger partial charge in [-0.05, 0) is 105 Å². The Balaban J connectivity index is 0.000000170. The van der Waals surface area contributed by atoms with Crippen LogP contribution in [0.3, 0.4) is 0 Å². The van der Waals surface area contributed by atoms with Crippen LogP contribution in [0, 0.1) is 0 Å². The van der Waals surface area contributed by atoms with Gasteiger partial charge in [-0.15, -0.1) is 0 Å². The molecule has 578 valence electrons. The lowest BCUT2D eigenvalue weighted by molar-refractivity contribution is -0.401. The monoisotopic (exact) mass is 1470 g/mol. The van der Waals surface area contributed by atoms with Crippen LogP contribution in [0.4, 0.5) is 11.4 Å². The number of anilines is 1. The van der Waals surface area contributed by atoms with E-state index < -0.39 is 149 Å². The minimum absolute atomic E-state index is 0.0597. The minimum Gasteiger partial charge on any atom is -0.394 e. The Morgan fingerprint density at radius 3 is 1.70 bits per heavy atom. The SMILES string of the molecule is CC(=O)NCCCO[C@H]1C2O[C@H]3[C@H](O)[C@@H](O)[C@@H](CCCOC([C@@H](CO)O2)[C@@H]1O)O[C@@H]3CO.CCC(=O)NCCCO[C@H]1C2CCCO[C@H]3[C@H](O)[C@@H](O)[C@@H](OC([C@@H](CO)O2)[C@@H]1O)O[C@@H]3CO.CCN1C(=CC=CC=CC=CC2=[N+](C)c3ccc4ccccc4c3C2(C)C)C(C)(C)c2c1ccc1ccccc21. The number of likely N-dealkylation sites (N-methyl/N-ethyl adjacent to an activating group) is 1. The van der Waals surface area contributed by atoms with Gasteiger partial charge in [0.05, 0.1) is 44.1 Å². The van der Waals surface area contributed by atoms with Crippen molar-refractivity contribution in [2.45, 2.75) is 227 Å². The van der Waals surface area contributed by atoms with Crippen molar-refractivity contribution in [1.82, 2.24) is 10.6 Å². The summed E-state index contributed by atoms with van der Waals surface area (Å²) < 4.78 is 60.5. The van der Waals surface area contributed by atoms with Crippen LogP contribution >= 0.6 is 0 Å². The van der Waals surface area contributed by atoms with Gasteiger partial charge in [0.15, 0.2) is 18.3 Å². The van der Waals surface area contributed by atoms with Gasteiger partial charge < -0.3 is 114 Å². The third-order valence-corrected chi connectivity index (χ3v) is 21.2. The zero-order valence-corrected chi connectivity index (χ0v) is 61.5. The average Bonchev–Trinajstić information content (AvgIpc) is 1.61. The van der Waals surface area contributed by atoms with Crippen LogP contribution in [0.1, 0.15) is 105 Å². The highest BCUT2D eigenvalue weighted by Crippen LogP contribution is 2.51. The molecule has 0 spiro atoms. The maximum Gasteiger partial charge on any atom is 0.219 e. The van der Waals surface area contributed by atoms with E-state index in [1.807, 2.05) is 0 Å². The number of carbonyl (C=O) groups excluding carboxylic acids is 2. The summed E-state index contributed by atoms with van der Waals surface area (Å²) in [5, 5.41) is 114. The van der Waals surface area contributed by atoms with Gasteiger partial charge in [0, 0.05) is 93.9 Å². The van der Waals surface area contributed by atoms with Gasteiger partial charge in [0.25, 0.3) is 0 Å². The van der Waals surface area contributed by atoms with Gasteiger partial charge in [-0.3, -0.25) is 9.59 Å². The van der Waals surface area contributed by atoms with Crippen LogP contribution in [-0.2, 0) is 67.8 Å². The van der Waals surface area contributed by atoms with E-state index in [4.69, 9.17) is 47.4 Å². The van der Waals surface area contributed by atoms with E-state index >= 15 is 0 Å². The normalized spacial score (nSPS) is 33.3. The Labute approximate surface area is 614 Å². The smallest absolute Gasteiger partial charge is 0.219 e. The van der Waals surface area contributed by atoms with Crippen molar-refractivity contribution in [3.63, 3.8) is 0 Å². The van der Waals surface area contributed by atoms with E-state index in [0.29, 0.717) is 58.0 Å².